The van der Waals surface area contributed by atoms with Gasteiger partial charge in [-0.3, -0.25) is 14.2 Å². The van der Waals surface area contributed by atoms with E-state index < -0.39 is 0 Å². The van der Waals surface area contributed by atoms with Crippen LogP contribution in [0.3, 0.4) is 0 Å². The van der Waals surface area contributed by atoms with Crippen LogP contribution in [0.4, 0.5) is 0 Å². The summed E-state index contributed by atoms with van der Waals surface area (Å²) < 4.78 is 7.18. The Balaban J connectivity index is 1.38. The highest BCUT2D eigenvalue weighted by Gasteiger charge is 2.43. The first-order chi connectivity index (χ1) is 15.6. The number of carbonyl (C=O) groups is 2. The van der Waals surface area contributed by atoms with Crippen LogP contribution in [0.1, 0.15) is 58.4 Å². The van der Waals surface area contributed by atoms with E-state index in [1.165, 1.54) is 37.4 Å². The Hall–Kier alpha value is -1.87. The molecule has 2 aromatic rings. The molecule has 0 radical (unpaired) electrons. The zero-order chi connectivity index (χ0) is 22.5. The molecule has 0 unspecified atom stereocenters. The Kier molecular flexibility index (Phi) is 7.88. The SMILES string of the molecule is CCOC(=O)CCCNC(=O)CSc1nnc(-c2cccs2)n1[C@H](C)[C@H]1C[C@H]2CC[C@H]1C2. The van der Waals surface area contributed by atoms with Crippen molar-refractivity contribution in [3.8, 4) is 10.7 Å². The fourth-order valence-corrected chi connectivity index (χ4v) is 6.83. The first-order valence-electron chi connectivity index (χ1n) is 11.6. The predicted molar refractivity (Wildman–Crippen MR) is 127 cm³/mol. The molecule has 9 heteroatoms. The molecule has 0 aliphatic heterocycles. The maximum atomic E-state index is 12.4. The van der Waals surface area contributed by atoms with Crippen molar-refractivity contribution in [3.63, 3.8) is 0 Å². The van der Waals surface area contributed by atoms with E-state index >= 15 is 0 Å². The van der Waals surface area contributed by atoms with Gasteiger partial charge in [-0.05, 0) is 68.7 Å². The number of nitrogens with one attached hydrogen (secondary N) is 1. The largest absolute Gasteiger partial charge is 0.466 e. The number of thiophene rings is 1. The molecule has 2 bridgehead atoms. The van der Waals surface area contributed by atoms with Crippen molar-refractivity contribution in [1.82, 2.24) is 20.1 Å². The second-order valence-corrected chi connectivity index (χ2v) is 10.7. The molecular formula is C23H32N4O3S2. The Morgan fingerprint density at radius 2 is 2.22 bits per heavy atom. The second kappa shape index (κ2) is 10.8. The van der Waals surface area contributed by atoms with Gasteiger partial charge in [0.2, 0.25) is 5.91 Å². The minimum Gasteiger partial charge on any atom is -0.466 e. The number of esters is 1. The molecule has 2 saturated carbocycles. The van der Waals surface area contributed by atoms with Gasteiger partial charge in [0, 0.05) is 19.0 Å². The molecule has 4 atom stereocenters. The average molecular weight is 477 g/mol. The Morgan fingerprint density at radius 3 is 2.91 bits per heavy atom. The summed E-state index contributed by atoms with van der Waals surface area (Å²) in [5, 5.41) is 14.8. The standard InChI is InChI=1S/C23H32N4O3S2/c1-3-30-21(29)7-4-10-24-20(28)14-32-23-26-25-22(19-6-5-11-31-19)27(23)15(2)18-13-16-8-9-17(18)12-16/h5-6,11,15-18H,3-4,7-10,12-14H2,1-2H3,(H,24,28)/t15-,16+,17+,18-/m1/s1. The molecule has 0 spiro atoms. The van der Waals surface area contributed by atoms with E-state index in [0.717, 1.165) is 27.7 Å². The summed E-state index contributed by atoms with van der Waals surface area (Å²) in [5.74, 6) is 3.25. The summed E-state index contributed by atoms with van der Waals surface area (Å²) in [5.41, 5.74) is 0. The lowest BCUT2D eigenvalue weighted by Crippen LogP contribution is -2.27. The molecule has 1 N–H and O–H groups in total. The summed E-state index contributed by atoms with van der Waals surface area (Å²) in [7, 11) is 0. The molecule has 32 heavy (non-hydrogen) atoms. The molecule has 2 fully saturated rings. The number of carbonyl (C=O) groups excluding carboxylic acids is 2. The molecule has 2 aliphatic carbocycles. The summed E-state index contributed by atoms with van der Waals surface area (Å²) in [6.07, 6.45) is 6.27. The Labute approximate surface area is 197 Å². The second-order valence-electron chi connectivity index (χ2n) is 8.78. The van der Waals surface area contributed by atoms with E-state index in [9.17, 15) is 9.59 Å². The normalized spacial score (nSPS) is 22.8. The number of ether oxygens (including phenoxy) is 1. The van der Waals surface area contributed by atoms with Crippen LogP contribution in [0.25, 0.3) is 10.7 Å². The highest BCUT2D eigenvalue weighted by atomic mass is 32.2. The van der Waals surface area contributed by atoms with Gasteiger partial charge in [0.05, 0.1) is 17.2 Å². The van der Waals surface area contributed by atoms with Gasteiger partial charge in [-0.1, -0.05) is 24.2 Å². The van der Waals surface area contributed by atoms with Crippen LogP contribution in [0.15, 0.2) is 22.7 Å². The summed E-state index contributed by atoms with van der Waals surface area (Å²) >= 11 is 3.12. The van der Waals surface area contributed by atoms with E-state index in [1.54, 1.807) is 18.3 Å². The first kappa shape index (κ1) is 23.3. The molecule has 2 heterocycles. The number of fused-ring (bicyclic) bond motifs is 2. The van der Waals surface area contributed by atoms with E-state index in [1.807, 2.05) is 6.07 Å². The topological polar surface area (TPSA) is 86.1 Å². The monoisotopic (exact) mass is 476 g/mol. The zero-order valence-corrected chi connectivity index (χ0v) is 20.4. The number of hydrogen-bond acceptors (Lipinski definition) is 7. The average Bonchev–Trinajstić information content (AvgIpc) is 3.58. The van der Waals surface area contributed by atoms with Gasteiger partial charge in [0.15, 0.2) is 11.0 Å². The minimum atomic E-state index is -0.222. The van der Waals surface area contributed by atoms with Gasteiger partial charge in [0.25, 0.3) is 0 Å². The van der Waals surface area contributed by atoms with Crippen LogP contribution in [-0.2, 0) is 14.3 Å². The third-order valence-corrected chi connectivity index (χ3v) is 8.55. The lowest BCUT2D eigenvalue weighted by Gasteiger charge is -2.30. The van der Waals surface area contributed by atoms with E-state index in [2.05, 4.69) is 38.5 Å². The number of thioether (sulfide) groups is 1. The van der Waals surface area contributed by atoms with Gasteiger partial charge >= 0.3 is 5.97 Å². The van der Waals surface area contributed by atoms with Crippen LogP contribution in [0.2, 0.25) is 0 Å². The van der Waals surface area contributed by atoms with Crippen LogP contribution in [0, 0.1) is 17.8 Å². The van der Waals surface area contributed by atoms with Crippen molar-refractivity contribution in [3.05, 3.63) is 17.5 Å². The molecule has 2 aromatic heterocycles. The highest BCUT2D eigenvalue weighted by Crippen LogP contribution is 2.53. The minimum absolute atomic E-state index is 0.0568. The summed E-state index contributed by atoms with van der Waals surface area (Å²) in [6.45, 7) is 4.94. The van der Waals surface area contributed by atoms with Crippen LogP contribution in [-0.4, -0.2) is 45.5 Å². The zero-order valence-electron chi connectivity index (χ0n) is 18.8. The van der Waals surface area contributed by atoms with Gasteiger partial charge in [0.1, 0.15) is 0 Å². The fourth-order valence-electron chi connectivity index (χ4n) is 5.27. The van der Waals surface area contributed by atoms with Crippen molar-refractivity contribution in [2.45, 2.75) is 63.6 Å². The molecule has 174 valence electrons. The Bertz CT molecular complexity index is 914. The third-order valence-electron chi connectivity index (χ3n) is 6.74. The number of rotatable bonds is 11. The van der Waals surface area contributed by atoms with Gasteiger partial charge in [-0.2, -0.15) is 0 Å². The van der Waals surface area contributed by atoms with E-state index in [-0.39, 0.29) is 17.6 Å². The van der Waals surface area contributed by atoms with Crippen molar-refractivity contribution in [2.75, 3.05) is 18.9 Å². The molecule has 2 aliphatic rings. The first-order valence-corrected chi connectivity index (χ1v) is 13.5. The molecular weight excluding hydrogens is 444 g/mol. The Morgan fingerprint density at radius 1 is 1.34 bits per heavy atom. The van der Waals surface area contributed by atoms with Crippen molar-refractivity contribution < 1.29 is 14.3 Å². The third kappa shape index (κ3) is 5.36. The molecule has 4 rings (SSSR count). The number of nitrogens with zero attached hydrogens (tertiary/aromatic N) is 3. The van der Waals surface area contributed by atoms with Crippen molar-refractivity contribution >= 4 is 35.0 Å². The molecule has 7 nitrogen and oxygen atoms in total. The van der Waals surface area contributed by atoms with Crippen LogP contribution in [0.5, 0.6) is 0 Å². The number of hydrogen-bond donors (Lipinski definition) is 1. The molecule has 1 amide bonds. The maximum Gasteiger partial charge on any atom is 0.305 e. The lowest BCUT2D eigenvalue weighted by atomic mass is 9.84. The molecule has 0 aromatic carbocycles. The van der Waals surface area contributed by atoms with E-state index in [0.29, 0.717) is 38.0 Å². The van der Waals surface area contributed by atoms with Gasteiger partial charge in [-0.15, -0.1) is 21.5 Å². The van der Waals surface area contributed by atoms with Crippen LogP contribution >= 0.6 is 23.1 Å². The van der Waals surface area contributed by atoms with Crippen molar-refractivity contribution in [1.29, 1.82) is 0 Å². The summed E-state index contributed by atoms with van der Waals surface area (Å²) in [4.78, 5) is 24.9. The van der Waals surface area contributed by atoms with E-state index in [4.69, 9.17) is 4.74 Å². The predicted octanol–water partition coefficient (Wildman–Crippen LogP) is 4.56. The number of amides is 1. The van der Waals surface area contributed by atoms with Gasteiger partial charge < -0.3 is 10.1 Å². The van der Waals surface area contributed by atoms with Crippen molar-refractivity contribution in [2.24, 2.45) is 17.8 Å². The van der Waals surface area contributed by atoms with Gasteiger partial charge in [-0.25, -0.2) is 0 Å². The highest BCUT2D eigenvalue weighted by molar-refractivity contribution is 7.99. The lowest BCUT2D eigenvalue weighted by molar-refractivity contribution is -0.143. The number of aromatic nitrogens is 3. The summed E-state index contributed by atoms with van der Waals surface area (Å²) in [6, 6.07) is 4.44. The smallest absolute Gasteiger partial charge is 0.305 e. The quantitative estimate of drug-likeness (QED) is 0.291. The fraction of sp³-hybridized carbons (Fsp3) is 0.652. The van der Waals surface area contributed by atoms with Crippen LogP contribution < -0.4 is 5.32 Å². The maximum absolute atomic E-state index is 12.4. The molecule has 0 saturated heterocycles.